The van der Waals surface area contributed by atoms with Crippen molar-refractivity contribution in [2.45, 2.75) is 32.1 Å². The van der Waals surface area contributed by atoms with Gasteiger partial charge in [0.15, 0.2) is 0 Å². The highest BCUT2D eigenvalue weighted by Crippen LogP contribution is 2.30. The first-order valence-corrected chi connectivity index (χ1v) is 6.56. The Hall–Kier alpha value is -2.32. The van der Waals surface area contributed by atoms with Gasteiger partial charge in [-0.05, 0) is 24.6 Å². The van der Waals surface area contributed by atoms with Crippen molar-refractivity contribution in [1.82, 2.24) is 15.2 Å². The Balaban J connectivity index is 2.16. The van der Waals surface area contributed by atoms with Crippen molar-refractivity contribution in [2.24, 2.45) is 0 Å². The van der Waals surface area contributed by atoms with Crippen LogP contribution in [0.1, 0.15) is 25.5 Å². The molecule has 0 radical (unpaired) electrons. The third-order valence-corrected chi connectivity index (χ3v) is 3.37. The highest BCUT2D eigenvalue weighted by molar-refractivity contribution is 5.87. The molecule has 0 saturated carbocycles. The third kappa shape index (κ3) is 3.46. The number of nitrogens with one attached hydrogen (secondary N) is 2. The van der Waals surface area contributed by atoms with E-state index < -0.39 is 30.8 Å². The minimum absolute atomic E-state index is 0.281. The number of rotatable bonds is 3. The van der Waals surface area contributed by atoms with Gasteiger partial charge in [0.1, 0.15) is 11.9 Å². The molecular formula is C13H15F3N4O2. The summed E-state index contributed by atoms with van der Waals surface area (Å²) in [4.78, 5) is 27.8. The molecule has 6 nitrogen and oxygen atoms in total. The number of amides is 3. The maximum Gasteiger partial charge on any atom is 0.410 e. The second kappa shape index (κ2) is 5.82. The number of halogens is 3. The van der Waals surface area contributed by atoms with Crippen molar-refractivity contribution in [3.05, 3.63) is 23.9 Å². The van der Waals surface area contributed by atoms with Crippen LogP contribution in [0.5, 0.6) is 0 Å². The fourth-order valence-electron chi connectivity index (χ4n) is 2.21. The number of carbonyl (C=O) groups excluding carboxylic acids is 2. The molecule has 0 aromatic carbocycles. The van der Waals surface area contributed by atoms with Crippen LogP contribution in [0.3, 0.4) is 0 Å². The van der Waals surface area contributed by atoms with E-state index in [4.69, 9.17) is 0 Å². The molecule has 1 aromatic heterocycles. The van der Waals surface area contributed by atoms with Gasteiger partial charge >= 0.3 is 12.2 Å². The van der Waals surface area contributed by atoms with Crippen molar-refractivity contribution in [3.8, 4) is 0 Å². The Morgan fingerprint density at radius 2 is 2.23 bits per heavy atom. The summed E-state index contributed by atoms with van der Waals surface area (Å²) in [6, 6.07) is -0.112. The molecule has 2 N–H and O–H groups in total. The molecular weight excluding hydrogens is 301 g/mol. The van der Waals surface area contributed by atoms with Gasteiger partial charge in [-0.15, -0.1) is 0 Å². The summed E-state index contributed by atoms with van der Waals surface area (Å²) in [6.07, 6.45) is -3.06. The maximum absolute atomic E-state index is 12.7. The monoisotopic (exact) mass is 316 g/mol. The summed E-state index contributed by atoms with van der Waals surface area (Å²) in [6.45, 7) is 2.48. The number of nitrogens with zero attached hydrogens (tertiary/aromatic N) is 2. The second-order valence-electron chi connectivity index (χ2n) is 5.03. The molecule has 120 valence electrons. The van der Waals surface area contributed by atoms with Gasteiger partial charge in [0.25, 0.3) is 0 Å². The number of alkyl halides is 3. The fourth-order valence-corrected chi connectivity index (χ4v) is 2.21. The van der Waals surface area contributed by atoms with E-state index in [1.54, 1.807) is 13.0 Å². The molecule has 22 heavy (non-hydrogen) atoms. The molecule has 1 aliphatic heterocycles. The van der Waals surface area contributed by atoms with Crippen LogP contribution in [0.15, 0.2) is 18.3 Å². The second-order valence-corrected chi connectivity index (χ2v) is 5.03. The topological polar surface area (TPSA) is 74.3 Å². The quantitative estimate of drug-likeness (QED) is 0.896. The molecule has 2 rings (SSSR count). The number of urea groups is 1. The maximum atomic E-state index is 12.7. The minimum Gasteiger partial charge on any atom is -0.324 e. The zero-order chi connectivity index (χ0) is 16.5. The van der Waals surface area contributed by atoms with Crippen LogP contribution in [-0.4, -0.2) is 40.6 Å². The van der Waals surface area contributed by atoms with Crippen LogP contribution in [0.25, 0.3) is 0 Å². The van der Waals surface area contributed by atoms with Crippen LogP contribution >= 0.6 is 0 Å². The smallest absolute Gasteiger partial charge is 0.324 e. The van der Waals surface area contributed by atoms with Crippen LogP contribution in [0.4, 0.5) is 23.8 Å². The summed E-state index contributed by atoms with van der Waals surface area (Å²) >= 11 is 0. The van der Waals surface area contributed by atoms with E-state index in [-0.39, 0.29) is 11.7 Å². The van der Waals surface area contributed by atoms with E-state index in [2.05, 4.69) is 10.3 Å². The molecule has 1 saturated heterocycles. The van der Waals surface area contributed by atoms with E-state index in [1.807, 2.05) is 5.32 Å². The Morgan fingerprint density at radius 1 is 1.55 bits per heavy atom. The average Bonchev–Trinajstić information content (AvgIpc) is 2.79. The highest BCUT2D eigenvalue weighted by atomic mass is 19.4. The predicted molar refractivity (Wildman–Crippen MR) is 72.0 cm³/mol. The summed E-state index contributed by atoms with van der Waals surface area (Å²) in [5, 5.41) is 4.40. The van der Waals surface area contributed by atoms with E-state index in [0.717, 1.165) is 4.90 Å². The summed E-state index contributed by atoms with van der Waals surface area (Å²) < 4.78 is 38.0. The van der Waals surface area contributed by atoms with Crippen molar-refractivity contribution >= 4 is 17.8 Å². The van der Waals surface area contributed by atoms with Crippen LogP contribution in [0.2, 0.25) is 0 Å². The molecule has 1 fully saturated rings. The lowest BCUT2D eigenvalue weighted by Crippen LogP contribution is -2.40. The molecule has 2 atom stereocenters. The lowest BCUT2D eigenvalue weighted by molar-refractivity contribution is -0.150. The molecule has 0 unspecified atom stereocenters. The molecule has 3 amide bonds. The first-order valence-electron chi connectivity index (χ1n) is 6.56. The van der Waals surface area contributed by atoms with E-state index in [1.165, 1.54) is 19.2 Å². The minimum atomic E-state index is -4.48. The van der Waals surface area contributed by atoms with Gasteiger partial charge < -0.3 is 15.5 Å². The Morgan fingerprint density at radius 3 is 2.77 bits per heavy atom. The van der Waals surface area contributed by atoms with Crippen LogP contribution in [-0.2, 0) is 4.79 Å². The van der Waals surface area contributed by atoms with E-state index >= 15 is 0 Å². The number of anilines is 1. The molecule has 1 aromatic rings. The van der Waals surface area contributed by atoms with Gasteiger partial charge in [-0.1, -0.05) is 0 Å². The first kappa shape index (κ1) is 16.1. The number of carbonyl (C=O) groups is 2. The van der Waals surface area contributed by atoms with Gasteiger partial charge in [0.05, 0.1) is 12.6 Å². The normalized spacial score (nSPS) is 19.8. The number of hydrogen-bond donors (Lipinski definition) is 2. The number of hydrogen-bond acceptors (Lipinski definition) is 3. The van der Waals surface area contributed by atoms with Gasteiger partial charge in [0.2, 0.25) is 5.91 Å². The lowest BCUT2D eigenvalue weighted by atomic mass is 10.1. The molecule has 2 heterocycles. The lowest BCUT2D eigenvalue weighted by Gasteiger charge is -2.24. The number of pyridine rings is 1. The molecule has 0 bridgehead atoms. The SMILES string of the molecule is CC(=O)Nc1cc([C@@H](C)N2C[C@@H](C(F)(F)F)NC2=O)ccn1. The highest BCUT2D eigenvalue weighted by Gasteiger charge is 2.47. The van der Waals surface area contributed by atoms with Crippen molar-refractivity contribution in [3.63, 3.8) is 0 Å². The fraction of sp³-hybridized carbons (Fsp3) is 0.462. The zero-order valence-electron chi connectivity index (χ0n) is 11.9. The number of aromatic nitrogens is 1. The van der Waals surface area contributed by atoms with Gasteiger partial charge in [-0.25, -0.2) is 9.78 Å². The van der Waals surface area contributed by atoms with Crippen LogP contribution < -0.4 is 10.6 Å². The summed E-state index contributed by atoms with van der Waals surface area (Å²) in [5.41, 5.74) is 0.580. The van der Waals surface area contributed by atoms with E-state index in [9.17, 15) is 22.8 Å². The molecule has 0 spiro atoms. The van der Waals surface area contributed by atoms with Crippen molar-refractivity contribution in [1.29, 1.82) is 0 Å². The Labute approximate surface area is 124 Å². The summed E-state index contributed by atoms with van der Waals surface area (Å²) in [5.74, 6) is -0.0304. The molecule has 1 aliphatic rings. The Bertz CT molecular complexity index is 591. The van der Waals surface area contributed by atoms with Gasteiger partial charge in [0, 0.05) is 13.1 Å². The first-order chi connectivity index (χ1) is 10.2. The molecule has 9 heteroatoms. The van der Waals surface area contributed by atoms with Gasteiger partial charge in [-0.3, -0.25) is 4.79 Å². The summed E-state index contributed by atoms with van der Waals surface area (Å²) in [7, 11) is 0. The standard InChI is InChI=1S/C13H15F3N4O2/c1-7(9-3-4-17-11(5-9)18-8(2)21)20-6-10(13(14,15)16)19-12(20)22/h3-5,7,10H,6H2,1-2H3,(H,19,22)(H,17,18,21)/t7-,10+/m1/s1. The van der Waals surface area contributed by atoms with Crippen molar-refractivity contribution < 1.29 is 22.8 Å². The molecule has 0 aliphatic carbocycles. The van der Waals surface area contributed by atoms with Crippen LogP contribution in [0, 0.1) is 0 Å². The van der Waals surface area contributed by atoms with Crippen molar-refractivity contribution in [2.75, 3.05) is 11.9 Å². The zero-order valence-corrected chi connectivity index (χ0v) is 11.9. The largest absolute Gasteiger partial charge is 0.410 e. The van der Waals surface area contributed by atoms with Gasteiger partial charge in [-0.2, -0.15) is 13.2 Å². The predicted octanol–water partition coefficient (Wildman–Crippen LogP) is 2.06. The third-order valence-electron chi connectivity index (χ3n) is 3.37. The Kier molecular flexibility index (Phi) is 4.25. The van der Waals surface area contributed by atoms with E-state index in [0.29, 0.717) is 5.56 Å². The average molecular weight is 316 g/mol.